The lowest BCUT2D eigenvalue weighted by Gasteiger charge is -2.26. The maximum atomic E-state index is 12.9. The zero-order chi connectivity index (χ0) is 24.9. The van der Waals surface area contributed by atoms with Crippen molar-refractivity contribution in [3.8, 4) is 17.7 Å². The second-order valence-corrected chi connectivity index (χ2v) is 9.31. The SMILES string of the molecule is Cc1cc(Nc2nc(=O)n(C)c(=O)n2CCC2CCC(C)CC2)ccc1Oc1cccc(C#N)n1. The maximum Gasteiger partial charge on any atom is 0.354 e. The number of nitriles is 1. The van der Waals surface area contributed by atoms with Crippen LogP contribution in [0.2, 0.25) is 0 Å². The summed E-state index contributed by atoms with van der Waals surface area (Å²) >= 11 is 0. The maximum absolute atomic E-state index is 12.9. The van der Waals surface area contributed by atoms with Gasteiger partial charge < -0.3 is 10.1 Å². The molecule has 0 atom stereocenters. The molecule has 9 heteroatoms. The Labute approximate surface area is 204 Å². The Morgan fingerprint density at radius 2 is 1.91 bits per heavy atom. The molecule has 0 saturated heterocycles. The van der Waals surface area contributed by atoms with Gasteiger partial charge in [0.05, 0.1) is 0 Å². The number of rotatable bonds is 7. The van der Waals surface area contributed by atoms with Gasteiger partial charge in [0.1, 0.15) is 17.5 Å². The number of ether oxygens (including phenoxy) is 1. The van der Waals surface area contributed by atoms with Crippen LogP contribution < -0.4 is 21.4 Å². The molecule has 9 nitrogen and oxygen atoms in total. The summed E-state index contributed by atoms with van der Waals surface area (Å²) in [6.07, 6.45) is 5.66. The van der Waals surface area contributed by atoms with Gasteiger partial charge in [0.2, 0.25) is 11.8 Å². The first kappa shape index (κ1) is 24.2. The second-order valence-electron chi connectivity index (χ2n) is 9.31. The second kappa shape index (κ2) is 10.6. The summed E-state index contributed by atoms with van der Waals surface area (Å²) in [6.45, 7) is 4.67. The Morgan fingerprint density at radius 1 is 1.14 bits per heavy atom. The number of anilines is 2. The van der Waals surface area contributed by atoms with Crippen LogP contribution >= 0.6 is 0 Å². The molecule has 4 rings (SSSR count). The molecule has 3 aromatic rings. The summed E-state index contributed by atoms with van der Waals surface area (Å²) in [6, 6.07) is 12.4. The smallest absolute Gasteiger partial charge is 0.354 e. The lowest BCUT2D eigenvalue weighted by molar-refractivity contribution is 0.267. The molecule has 0 aliphatic heterocycles. The van der Waals surface area contributed by atoms with Gasteiger partial charge in [0.25, 0.3) is 0 Å². The van der Waals surface area contributed by atoms with E-state index in [-0.39, 0.29) is 17.3 Å². The van der Waals surface area contributed by atoms with Gasteiger partial charge in [-0.3, -0.25) is 4.57 Å². The Balaban J connectivity index is 1.54. The fourth-order valence-electron chi connectivity index (χ4n) is 4.42. The molecular weight excluding hydrogens is 444 g/mol. The fraction of sp³-hybridized carbons (Fsp3) is 0.423. The Morgan fingerprint density at radius 3 is 2.63 bits per heavy atom. The van der Waals surface area contributed by atoms with Crippen LogP contribution in [0.3, 0.4) is 0 Å². The number of hydrogen-bond donors (Lipinski definition) is 1. The van der Waals surface area contributed by atoms with Gasteiger partial charge in [0.15, 0.2) is 0 Å². The predicted octanol–water partition coefficient (Wildman–Crippen LogP) is 4.27. The van der Waals surface area contributed by atoms with Crippen LogP contribution in [0.25, 0.3) is 0 Å². The lowest BCUT2D eigenvalue weighted by Crippen LogP contribution is -2.41. The first-order valence-electron chi connectivity index (χ1n) is 11.9. The molecule has 0 radical (unpaired) electrons. The molecule has 1 aromatic carbocycles. The van der Waals surface area contributed by atoms with Crippen molar-refractivity contribution in [3.63, 3.8) is 0 Å². The number of aryl methyl sites for hydroxylation is 1. The molecule has 0 unspecified atom stereocenters. The van der Waals surface area contributed by atoms with E-state index in [1.54, 1.807) is 34.9 Å². The van der Waals surface area contributed by atoms with E-state index in [2.05, 4.69) is 22.2 Å². The Kier molecular flexibility index (Phi) is 7.30. The number of benzene rings is 1. The standard InChI is InChI=1S/C26H30N6O3/c1-17-7-9-19(10-8-17)13-14-32-24(30-25(33)31(3)26(32)34)29-20-11-12-22(18(2)15-20)35-23-6-4-5-21(16-27)28-23/h4-6,11-12,15,17,19H,7-10,13-14H2,1-3H3,(H,29,30,33). The minimum Gasteiger partial charge on any atom is -0.439 e. The molecule has 1 N–H and O–H groups in total. The van der Waals surface area contributed by atoms with Crippen LogP contribution in [0.5, 0.6) is 11.6 Å². The third kappa shape index (κ3) is 5.77. The highest BCUT2D eigenvalue weighted by Gasteiger charge is 2.20. The number of hydrogen-bond acceptors (Lipinski definition) is 7. The quantitative estimate of drug-likeness (QED) is 0.544. The molecule has 1 aliphatic carbocycles. The summed E-state index contributed by atoms with van der Waals surface area (Å²) < 4.78 is 8.43. The predicted molar refractivity (Wildman–Crippen MR) is 133 cm³/mol. The third-order valence-corrected chi connectivity index (χ3v) is 6.64. The first-order valence-corrected chi connectivity index (χ1v) is 11.9. The molecule has 35 heavy (non-hydrogen) atoms. The van der Waals surface area contributed by atoms with Crippen molar-refractivity contribution in [1.29, 1.82) is 5.26 Å². The Hall–Kier alpha value is -3.93. The zero-order valence-corrected chi connectivity index (χ0v) is 20.3. The number of nitrogens with zero attached hydrogens (tertiary/aromatic N) is 5. The summed E-state index contributed by atoms with van der Waals surface area (Å²) in [7, 11) is 1.45. The van der Waals surface area contributed by atoms with Gasteiger partial charge in [0, 0.05) is 25.3 Å². The van der Waals surface area contributed by atoms with Crippen molar-refractivity contribution in [2.45, 2.75) is 52.5 Å². The normalized spacial score (nSPS) is 17.5. The first-order chi connectivity index (χ1) is 16.8. The van der Waals surface area contributed by atoms with E-state index in [1.165, 1.54) is 32.7 Å². The molecule has 1 aliphatic rings. The van der Waals surface area contributed by atoms with Crippen LogP contribution in [0.15, 0.2) is 46.0 Å². The number of pyridine rings is 1. The van der Waals surface area contributed by atoms with Crippen molar-refractivity contribution in [2.75, 3.05) is 5.32 Å². The van der Waals surface area contributed by atoms with Gasteiger partial charge in [-0.05, 0) is 55.0 Å². The van der Waals surface area contributed by atoms with Crippen LogP contribution in [0, 0.1) is 30.1 Å². The van der Waals surface area contributed by atoms with Gasteiger partial charge in [-0.2, -0.15) is 10.2 Å². The number of aromatic nitrogens is 4. The topological polar surface area (TPSA) is 115 Å². The van der Waals surface area contributed by atoms with Gasteiger partial charge in [-0.1, -0.05) is 38.7 Å². The van der Waals surface area contributed by atoms with Gasteiger partial charge in [-0.25, -0.2) is 19.1 Å². The molecular formula is C26H30N6O3. The average Bonchev–Trinajstić information content (AvgIpc) is 2.85. The van der Waals surface area contributed by atoms with Crippen molar-refractivity contribution >= 4 is 11.6 Å². The zero-order valence-electron chi connectivity index (χ0n) is 20.3. The highest BCUT2D eigenvalue weighted by atomic mass is 16.5. The minimum atomic E-state index is -0.597. The summed E-state index contributed by atoms with van der Waals surface area (Å²) in [5.74, 6) is 2.49. The van der Waals surface area contributed by atoms with Crippen molar-refractivity contribution in [1.82, 2.24) is 19.1 Å². The van der Waals surface area contributed by atoms with Crippen LogP contribution in [0.1, 0.15) is 50.3 Å². The van der Waals surface area contributed by atoms with E-state index < -0.39 is 5.69 Å². The van der Waals surface area contributed by atoms with Crippen LogP contribution in [-0.2, 0) is 13.6 Å². The Bertz CT molecular complexity index is 1360. The highest BCUT2D eigenvalue weighted by Crippen LogP contribution is 2.31. The molecule has 2 heterocycles. The highest BCUT2D eigenvalue weighted by molar-refractivity contribution is 5.57. The molecule has 0 bridgehead atoms. The van der Waals surface area contributed by atoms with Gasteiger partial charge >= 0.3 is 11.4 Å². The molecule has 1 saturated carbocycles. The molecule has 0 spiro atoms. The molecule has 182 valence electrons. The van der Waals surface area contributed by atoms with E-state index in [0.717, 1.165) is 22.5 Å². The van der Waals surface area contributed by atoms with Gasteiger partial charge in [-0.15, -0.1) is 0 Å². The van der Waals surface area contributed by atoms with Crippen molar-refractivity contribution in [3.05, 3.63) is 68.6 Å². The lowest BCUT2D eigenvalue weighted by atomic mass is 9.81. The molecule has 1 fully saturated rings. The monoisotopic (exact) mass is 474 g/mol. The largest absolute Gasteiger partial charge is 0.439 e. The summed E-state index contributed by atoms with van der Waals surface area (Å²) in [4.78, 5) is 33.4. The van der Waals surface area contributed by atoms with E-state index in [9.17, 15) is 9.59 Å². The summed E-state index contributed by atoms with van der Waals surface area (Å²) in [5, 5.41) is 12.2. The van der Waals surface area contributed by atoms with Crippen molar-refractivity contribution < 1.29 is 4.74 Å². The van der Waals surface area contributed by atoms with Crippen LogP contribution in [-0.4, -0.2) is 19.1 Å². The fourth-order valence-corrected chi connectivity index (χ4v) is 4.42. The molecule has 0 amide bonds. The summed E-state index contributed by atoms with van der Waals surface area (Å²) in [5.41, 5.74) is 0.787. The number of nitrogens with one attached hydrogen (secondary N) is 1. The van der Waals surface area contributed by atoms with Crippen molar-refractivity contribution in [2.24, 2.45) is 18.9 Å². The van der Waals surface area contributed by atoms with E-state index >= 15 is 0 Å². The van der Waals surface area contributed by atoms with E-state index in [0.29, 0.717) is 29.8 Å². The van der Waals surface area contributed by atoms with E-state index in [4.69, 9.17) is 10.00 Å². The third-order valence-electron chi connectivity index (χ3n) is 6.64. The molecule has 2 aromatic heterocycles. The van der Waals surface area contributed by atoms with E-state index in [1.807, 2.05) is 19.1 Å². The minimum absolute atomic E-state index is 0.235. The van der Waals surface area contributed by atoms with Crippen LogP contribution in [0.4, 0.5) is 11.6 Å². The average molecular weight is 475 g/mol.